The molecule has 0 spiro atoms. The molecule has 2 nitrogen and oxygen atoms in total. The Morgan fingerprint density at radius 2 is 2.00 bits per heavy atom. The van der Waals surface area contributed by atoms with Crippen molar-refractivity contribution in [2.75, 3.05) is 20.1 Å². The van der Waals surface area contributed by atoms with Crippen molar-refractivity contribution < 1.29 is 0 Å². The first-order valence-corrected chi connectivity index (χ1v) is 6.09. The highest BCUT2D eigenvalue weighted by atomic mass is 15.2. The van der Waals surface area contributed by atoms with Crippen LogP contribution < -0.4 is 5.32 Å². The SMILES string of the molecule is CCCNCC(C)C(C)N(C)C1CC1. The van der Waals surface area contributed by atoms with Gasteiger partial charge in [-0.3, -0.25) is 0 Å². The molecule has 0 saturated heterocycles. The summed E-state index contributed by atoms with van der Waals surface area (Å²) in [4.78, 5) is 2.55. The molecule has 1 aliphatic carbocycles. The van der Waals surface area contributed by atoms with Crippen LogP contribution in [0.4, 0.5) is 0 Å². The Morgan fingerprint density at radius 3 is 2.50 bits per heavy atom. The van der Waals surface area contributed by atoms with Crippen LogP contribution in [0.15, 0.2) is 0 Å². The first-order chi connectivity index (χ1) is 6.66. The van der Waals surface area contributed by atoms with E-state index >= 15 is 0 Å². The van der Waals surface area contributed by atoms with Gasteiger partial charge in [0.1, 0.15) is 0 Å². The Labute approximate surface area is 89.1 Å². The Hall–Kier alpha value is -0.0800. The van der Waals surface area contributed by atoms with E-state index in [9.17, 15) is 0 Å². The third kappa shape index (κ3) is 3.58. The highest BCUT2D eigenvalue weighted by Crippen LogP contribution is 2.28. The van der Waals surface area contributed by atoms with E-state index in [2.05, 4.69) is 38.0 Å². The summed E-state index contributed by atoms with van der Waals surface area (Å²) >= 11 is 0. The summed E-state index contributed by atoms with van der Waals surface area (Å²) < 4.78 is 0. The van der Waals surface area contributed by atoms with E-state index in [4.69, 9.17) is 0 Å². The van der Waals surface area contributed by atoms with Gasteiger partial charge in [-0.1, -0.05) is 13.8 Å². The molecule has 0 bridgehead atoms. The fourth-order valence-electron chi connectivity index (χ4n) is 1.89. The van der Waals surface area contributed by atoms with Crippen LogP contribution in [-0.2, 0) is 0 Å². The van der Waals surface area contributed by atoms with Crippen LogP contribution in [0.25, 0.3) is 0 Å². The second-order valence-corrected chi connectivity index (χ2v) is 4.82. The van der Waals surface area contributed by atoms with E-state index in [0.29, 0.717) is 6.04 Å². The van der Waals surface area contributed by atoms with Gasteiger partial charge in [0.05, 0.1) is 0 Å². The van der Waals surface area contributed by atoms with Gasteiger partial charge in [0.2, 0.25) is 0 Å². The molecule has 1 rings (SSSR count). The van der Waals surface area contributed by atoms with Gasteiger partial charge in [0, 0.05) is 12.1 Å². The molecular weight excluding hydrogens is 172 g/mol. The van der Waals surface area contributed by atoms with E-state index in [-0.39, 0.29) is 0 Å². The van der Waals surface area contributed by atoms with Crippen LogP contribution in [0.3, 0.4) is 0 Å². The zero-order valence-electron chi connectivity index (χ0n) is 10.2. The van der Waals surface area contributed by atoms with Gasteiger partial charge >= 0.3 is 0 Å². The maximum atomic E-state index is 3.50. The van der Waals surface area contributed by atoms with Crippen molar-refractivity contribution >= 4 is 0 Å². The first kappa shape index (κ1) is 12.0. The quantitative estimate of drug-likeness (QED) is 0.630. The Kier molecular flexibility index (Phi) is 4.90. The molecule has 0 heterocycles. The number of hydrogen-bond acceptors (Lipinski definition) is 2. The molecule has 2 unspecified atom stereocenters. The molecule has 2 heteroatoms. The van der Waals surface area contributed by atoms with Crippen LogP contribution in [0.5, 0.6) is 0 Å². The second-order valence-electron chi connectivity index (χ2n) is 4.82. The van der Waals surface area contributed by atoms with E-state index < -0.39 is 0 Å². The summed E-state index contributed by atoms with van der Waals surface area (Å²) in [5, 5.41) is 3.50. The number of hydrogen-bond donors (Lipinski definition) is 1. The highest BCUT2D eigenvalue weighted by molar-refractivity contribution is 4.87. The lowest BCUT2D eigenvalue weighted by Crippen LogP contribution is -2.40. The molecule has 84 valence electrons. The second kappa shape index (κ2) is 5.72. The fraction of sp³-hybridized carbons (Fsp3) is 1.00. The molecule has 0 aromatic rings. The molecule has 1 saturated carbocycles. The van der Waals surface area contributed by atoms with Crippen LogP contribution >= 0.6 is 0 Å². The van der Waals surface area contributed by atoms with Crippen molar-refractivity contribution in [2.24, 2.45) is 5.92 Å². The predicted octanol–water partition coefficient (Wildman–Crippen LogP) is 2.10. The zero-order valence-corrected chi connectivity index (χ0v) is 10.2. The fourth-order valence-corrected chi connectivity index (χ4v) is 1.89. The summed E-state index contributed by atoms with van der Waals surface area (Å²) in [6.45, 7) is 9.25. The maximum absolute atomic E-state index is 3.50. The van der Waals surface area contributed by atoms with Gasteiger partial charge in [-0.2, -0.15) is 0 Å². The molecule has 2 atom stereocenters. The van der Waals surface area contributed by atoms with Gasteiger partial charge in [-0.25, -0.2) is 0 Å². The lowest BCUT2D eigenvalue weighted by Gasteiger charge is -2.30. The largest absolute Gasteiger partial charge is 0.316 e. The monoisotopic (exact) mass is 198 g/mol. The number of nitrogens with zero attached hydrogens (tertiary/aromatic N) is 1. The smallest absolute Gasteiger partial charge is 0.0105 e. The predicted molar refractivity (Wildman–Crippen MR) is 62.6 cm³/mol. The van der Waals surface area contributed by atoms with Crippen LogP contribution in [0.2, 0.25) is 0 Å². The third-order valence-corrected chi connectivity index (χ3v) is 3.48. The minimum absolute atomic E-state index is 0.715. The first-order valence-electron chi connectivity index (χ1n) is 6.09. The summed E-state index contributed by atoms with van der Waals surface area (Å²) in [5.74, 6) is 0.757. The standard InChI is InChI=1S/C12H26N2/c1-5-8-13-9-10(2)11(3)14(4)12-6-7-12/h10-13H,5-9H2,1-4H3. The minimum atomic E-state index is 0.715. The Morgan fingerprint density at radius 1 is 1.36 bits per heavy atom. The van der Waals surface area contributed by atoms with E-state index in [1.807, 2.05) is 0 Å². The van der Waals surface area contributed by atoms with Crippen LogP contribution in [-0.4, -0.2) is 37.1 Å². The molecule has 14 heavy (non-hydrogen) atoms. The van der Waals surface area contributed by atoms with Gasteiger partial charge < -0.3 is 10.2 Å². The van der Waals surface area contributed by atoms with Crippen molar-refractivity contribution in [3.8, 4) is 0 Å². The average Bonchev–Trinajstić information content (AvgIpc) is 2.99. The summed E-state index contributed by atoms with van der Waals surface area (Å²) in [5.41, 5.74) is 0. The normalized spacial score (nSPS) is 21.2. The molecule has 1 fully saturated rings. The van der Waals surface area contributed by atoms with Gasteiger partial charge in [0.25, 0.3) is 0 Å². The lowest BCUT2D eigenvalue weighted by molar-refractivity contribution is 0.187. The molecule has 0 aromatic heterocycles. The average molecular weight is 198 g/mol. The molecule has 0 aromatic carbocycles. The molecule has 0 amide bonds. The van der Waals surface area contributed by atoms with E-state index in [1.165, 1.54) is 19.3 Å². The van der Waals surface area contributed by atoms with Crippen molar-refractivity contribution in [1.29, 1.82) is 0 Å². The van der Waals surface area contributed by atoms with E-state index in [0.717, 1.165) is 25.0 Å². The highest BCUT2D eigenvalue weighted by Gasteiger charge is 2.30. The van der Waals surface area contributed by atoms with Crippen LogP contribution in [0, 0.1) is 5.92 Å². The summed E-state index contributed by atoms with van der Waals surface area (Å²) in [7, 11) is 2.28. The van der Waals surface area contributed by atoms with Gasteiger partial charge in [-0.05, 0) is 52.2 Å². The van der Waals surface area contributed by atoms with Crippen molar-refractivity contribution in [1.82, 2.24) is 10.2 Å². The molecular formula is C12H26N2. The van der Waals surface area contributed by atoms with Crippen molar-refractivity contribution in [3.05, 3.63) is 0 Å². The lowest BCUT2D eigenvalue weighted by atomic mass is 10.0. The van der Waals surface area contributed by atoms with Crippen molar-refractivity contribution in [2.45, 2.75) is 52.1 Å². The van der Waals surface area contributed by atoms with Crippen LogP contribution in [0.1, 0.15) is 40.0 Å². The number of rotatable bonds is 7. The van der Waals surface area contributed by atoms with Crippen molar-refractivity contribution in [3.63, 3.8) is 0 Å². The molecule has 1 aliphatic rings. The van der Waals surface area contributed by atoms with E-state index in [1.54, 1.807) is 0 Å². The zero-order chi connectivity index (χ0) is 10.6. The maximum Gasteiger partial charge on any atom is 0.0105 e. The minimum Gasteiger partial charge on any atom is -0.316 e. The number of nitrogens with one attached hydrogen (secondary N) is 1. The third-order valence-electron chi connectivity index (χ3n) is 3.48. The molecule has 0 radical (unpaired) electrons. The summed E-state index contributed by atoms with van der Waals surface area (Å²) in [6, 6.07) is 1.60. The van der Waals surface area contributed by atoms with Gasteiger partial charge in [-0.15, -0.1) is 0 Å². The Bertz CT molecular complexity index is 154. The summed E-state index contributed by atoms with van der Waals surface area (Å²) in [6.07, 6.45) is 4.06. The van der Waals surface area contributed by atoms with Gasteiger partial charge in [0.15, 0.2) is 0 Å². The molecule has 0 aliphatic heterocycles. The topological polar surface area (TPSA) is 15.3 Å². The Balaban J connectivity index is 2.17. The molecule has 1 N–H and O–H groups in total.